The maximum Gasteiger partial charge on any atom is 0.433 e. The summed E-state index contributed by atoms with van der Waals surface area (Å²) in [4.78, 5) is 42.5. The van der Waals surface area contributed by atoms with E-state index in [1.54, 1.807) is 6.92 Å². The molecular formula is C32H63N3O6. The first-order valence-corrected chi connectivity index (χ1v) is 16.5. The van der Waals surface area contributed by atoms with Crippen LogP contribution in [0.1, 0.15) is 144 Å². The molecule has 0 spiro atoms. The van der Waals surface area contributed by atoms with E-state index in [4.69, 9.17) is 9.47 Å². The van der Waals surface area contributed by atoms with E-state index in [0.29, 0.717) is 6.54 Å². The van der Waals surface area contributed by atoms with Gasteiger partial charge >= 0.3 is 12.2 Å². The van der Waals surface area contributed by atoms with Crippen molar-refractivity contribution in [2.45, 2.75) is 150 Å². The van der Waals surface area contributed by atoms with Gasteiger partial charge in [-0.3, -0.25) is 9.63 Å². The van der Waals surface area contributed by atoms with Crippen molar-refractivity contribution >= 4 is 18.1 Å². The topological polar surface area (TPSA) is 97.4 Å². The van der Waals surface area contributed by atoms with Gasteiger partial charge < -0.3 is 14.4 Å². The molecule has 9 heteroatoms. The van der Waals surface area contributed by atoms with Gasteiger partial charge in [0.2, 0.25) is 5.91 Å². The fourth-order valence-electron chi connectivity index (χ4n) is 4.73. The highest BCUT2D eigenvalue weighted by molar-refractivity contribution is 5.91. The maximum atomic E-state index is 12.1. The third-order valence-corrected chi connectivity index (χ3v) is 7.54. The van der Waals surface area contributed by atoms with Gasteiger partial charge in [-0.25, -0.2) is 14.5 Å². The molecule has 1 aliphatic carbocycles. The molecule has 0 radical (unpaired) electrons. The molecular weight excluding hydrogens is 522 g/mol. The Kier molecular flexibility index (Phi) is 25.8. The molecule has 1 N–H and O–H groups in total. The van der Waals surface area contributed by atoms with E-state index in [9.17, 15) is 14.4 Å². The summed E-state index contributed by atoms with van der Waals surface area (Å²) in [6.45, 7) is 11.5. The number of nitrogens with zero attached hydrogens (tertiary/aromatic N) is 2. The van der Waals surface area contributed by atoms with E-state index in [-0.39, 0.29) is 13.0 Å². The minimum absolute atomic E-state index is 0.144. The van der Waals surface area contributed by atoms with Crippen LogP contribution in [0.3, 0.4) is 0 Å². The average molecular weight is 586 g/mol. The lowest BCUT2D eigenvalue weighted by Gasteiger charge is -2.27. The number of hydroxylamine groups is 1. The van der Waals surface area contributed by atoms with E-state index in [1.165, 1.54) is 117 Å². The number of likely N-dealkylation sites (N-methyl/N-ethyl adjacent to an activating group) is 1. The number of nitrogens with one attached hydrogen (secondary N) is 1. The lowest BCUT2D eigenvalue weighted by Crippen LogP contribution is -2.47. The third-order valence-electron chi connectivity index (χ3n) is 7.54. The van der Waals surface area contributed by atoms with Crippen LogP contribution in [0.2, 0.25) is 0 Å². The fourth-order valence-corrected chi connectivity index (χ4v) is 4.73. The highest BCUT2D eigenvalue weighted by atomic mass is 16.7. The summed E-state index contributed by atoms with van der Waals surface area (Å²) in [7, 11) is 1.24. The van der Waals surface area contributed by atoms with Crippen molar-refractivity contribution in [3.8, 4) is 0 Å². The predicted molar refractivity (Wildman–Crippen MR) is 165 cm³/mol. The standard InChI is InChI=1S/C18H36.C14H27N3O6/c1-2-3-4-5-6-7-8-9-10-11-12-13-14-15-18-16-17-18;1-6-12(23-13(19)15-21-5)17(11(4)18)14(20)22-10-9-16(7-2)8-3/h18H,2-17H2,1H3;12H,6-10H2,1-5H3,(H,15,19). The summed E-state index contributed by atoms with van der Waals surface area (Å²) >= 11 is 0. The van der Waals surface area contributed by atoms with Crippen molar-refractivity contribution in [2.75, 3.05) is 33.4 Å². The molecule has 1 saturated carbocycles. The van der Waals surface area contributed by atoms with Crippen LogP contribution in [0.5, 0.6) is 0 Å². The van der Waals surface area contributed by atoms with Crippen LogP contribution in [-0.4, -0.2) is 67.5 Å². The zero-order chi connectivity index (χ0) is 30.7. The molecule has 0 aromatic rings. The van der Waals surface area contributed by atoms with Crippen molar-refractivity contribution in [1.82, 2.24) is 15.3 Å². The molecule has 9 nitrogen and oxygen atoms in total. The zero-order valence-corrected chi connectivity index (χ0v) is 27.3. The molecule has 0 bridgehead atoms. The Bertz CT molecular complexity index is 655. The number of imide groups is 1. The third kappa shape index (κ3) is 22.4. The van der Waals surface area contributed by atoms with Gasteiger partial charge in [0.25, 0.3) is 0 Å². The van der Waals surface area contributed by atoms with Gasteiger partial charge in [-0.2, -0.15) is 5.48 Å². The quantitative estimate of drug-likeness (QED) is 0.0733. The molecule has 1 fully saturated rings. The van der Waals surface area contributed by atoms with Crippen LogP contribution < -0.4 is 5.48 Å². The van der Waals surface area contributed by atoms with Crippen molar-refractivity contribution in [1.29, 1.82) is 0 Å². The van der Waals surface area contributed by atoms with Crippen LogP contribution in [0, 0.1) is 5.92 Å². The lowest BCUT2D eigenvalue weighted by atomic mass is 10.0. The Balaban J connectivity index is 0.000000802. The first kappa shape index (κ1) is 39.1. The summed E-state index contributed by atoms with van der Waals surface area (Å²) in [6, 6.07) is 0. The highest BCUT2D eigenvalue weighted by Gasteiger charge is 2.30. The normalized spacial score (nSPS) is 13.2. The minimum atomic E-state index is -1.07. The Morgan fingerprint density at radius 2 is 1.32 bits per heavy atom. The molecule has 0 aliphatic heterocycles. The first-order chi connectivity index (χ1) is 19.8. The molecule has 0 saturated heterocycles. The maximum absolute atomic E-state index is 12.1. The number of carbonyl (C=O) groups is 3. The molecule has 0 aromatic carbocycles. The van der Waals surface area contributed by atoms with Crippen LogP contribution in [-0.2, 0) is 19.1 Å². The van der Waals surface area contributed by atoms with Gasteiger partial charge in [-0.05, 0) is 19.0 Å². The number of unbranched alkanes of at least 4 members (excludes halogenated alkanes) is 12. The number of carbonyl (C=O) groups excluding carboxylic acids is 3. The van der Waals surface area contributed by atoms with Gasteiger partial charge in [0.15, 0.2) is 6.23 Å². The molecule has 1 unspecified atom stereocenters. The van der Waals surface area contributed by atoms with Crippen LogP contribution in [0.4, 0.5) is 9.59 Å². The Labute approximate surface area is 251 Å². The van der Waals surface area contributed by atoms with E-state index in [0.717, 1.165) is 23.9 Å². The molecule has 242 valence electrons. The lowest BCUT2D eigenvalue weighted by molar-refractivity contribution is -0.136. The number of ether oxygens (including phenoxy) is 2. The summed E-state index contributed by atoms with van der Waals surface area (Å²) < 4.78 is 10.1. The van der Waals surface area contributed by atoms with Crippen molar-refractivity contribution in [3.05, 3.63) is 0 Å². The summed E-state index contributed by atoms with van der Waals surface area (Å²) in [5.41, 5.74) is 1.96. The zero-order valence-electron chi connectivity index (χ0n) is 27.3. The van der Waals surface area contributed by atoms with E-state index in [1.807, 2.05) is 19.3 Å². The Hall–Kier alpha value is -1.87. The van der Waals surface area contributed by atoms with Crippen LogP contribution in [0.15, 0.2) is 0 Å². The van der Waals surface area contributed by atoms with Crippen molar-refractivity contribution in [3.63, 3.8) is 0 Å². The van der Waals surface area contributed by atoms with Gasteiger partial charge in [0, 0.05) is 19.9 Å². The SMILES string of the molecule is CCC(OC(=O)NOC)N(C(C)=O)C(=O)OCCN(CC)CC.CCCCCCCCCCCCCCCC1CC1. The van der Waals surface area contributed by atoms with Crippen LogP contribution in [0.25, 0.3) is 0 Å². The average Bonchev–Trinajstić information content (AvgIpc) is 3.78. The number of hydrogen-bond donors (Lipinski definition) is 1. The molecule has 0 heterocycles. The molecule has 1 rings (SSSR count). The van der Waals surface area contributed by atoms with Gasteiger partial charge in [-0.15, -0.1) is 0 Å². The number of rotatable bonds is 23. The van der Waals surface area contributed by atoms with Gasteiger partial charge in [-0.1, -0.05) is 130 Å². The summed E-state index contributed by atoms with van der Waals surface area (Å²) in [6.07, 6.45) is 21.3. The first-order valence-electron chi connectivity index (χ1n) is 16.5. The van der Waals surface area contributed by atoms with E-state index in [2.05, 4.69) is 16.7 Å². The van der Waals surface area contributed by atoms with Gasteiger partial charge in [0.1, 0.15) is 6.61 Å². The molecule has 3 amide bonds. The Morgan fingerprint density at radius 3 is 1.73 bits per heavy atom. The second kappa shape index (κ2) is 27.0. The second-order valence-corrected chi connectivity index (χ2v) is 11.1. The van der Waals surface area contributed by atoms with Gasteiger partial charge in [0.05, 0.1) is 7.11 Å². The van der Waals surface area contributed by atoms with Crippen molar-refractivity contribution < 1.29 is 28.7 Å². The molecule has 1 aliphatic rings. The highest BCUT2D eigenvalue weighted by Crippen LogP contribution is 2.34. The monoisotopic (exact) mass is 585 g/mol. The summed E-state index contributed by atoms with van der Waals surface area (Å²) in [5.74, 6) is 0.576. The van der Waals surface area contributed by atoms with Crippen LogP contribution >= 0.6 is 0 Å². The van der Waals surface area contributed by atoms with Crippen molar-refractivity contribution in [2.24, 2.45) is 5.92 Å². The predicted octanol–water partition coefficient (Wildman–Crippen LogP) is 8.21. The minimum Gasteiger partial charge on any atom is -0.448 e. The van der Waals surface area contributed by atoms with E-state index >= 15 is 0 Å². The number of hydrogen-bond acceptors (Lipinski definition) is 7. The second-order valence-electron chi connectivity index (χ2n) is 11.1. The largest absolute Gasteiger partial charge is 0.448 e. The fraction of sp³-hybridized carbons (Fsp3) is 0.906. The Morgan fingerprint density at radius 1 is 0.805 bits per heavy atom. The molecule has 0 aromatic heterocycles. The summed E-state index contributed by atoms with van der Waals surface area (Å²) in [5, 5.41) is 0. The van der Waals surface area contributed by atoms with E-state index < -0.39 is 24.3 Å². The molecule has 41 heavy (non-hydrogen) atoms. The number of amides is 3. The molecule has 1 atom stereocenters. The smallest absolute Gasteiger partial charge is 0.433 e.